The molecular weight excluding hydrogens is 222 g/mol. The number of aromatic nitrogens is 2. The molecule has 102 valence electrons. The molecular formula is C15H27N3. The molecule has 3 heteroatoms. The second-order valence-corrected chi connectivity index (χ2v) is 5.93. The van der Waals surface area contributed by atoms with Crippen LogP contribution >= 0.6 is 0 Å². The molecule has 1 fully saturated rings. The van der Waals surface area contributed by atoms with Crippen molar-refractivity contribution in [3.05, 3.63) is 11.4 Å². The summed E-state index contributed by atoms with van der Waals surface area (Å²) in [5, 5.41) is 8.43. The van der Waals surface area contributed by atoms with Gasteiger partial charge in [-0.05, 0) is 46.5 Å². The van der Waals surface area contributed by atoms with Gasteiger partial charge < -0.3 is 5.32 Å². The normalized spacial score (nSPS) is 23.9. The van der Waals surface area contributed by atoms with Crippen molar-refractivity contribution in [1.29, 1.82) is 0 Å². The summed E-state index contributed by atoms with van der Waals surface area (Å²) >= 11 is 0. The van der Waals surface area contributed by atoms with Crippen LogP contribution in [0.2, 0.25) is 0 Å². The molecule has 1 N–H and O–H groups in total. The van der Waals surface area contributed by atoms with Crippen molar-refractivity contribution in [3.8, 4) is 0 Å². The molecule has 0 radical (unpaired) electrons. The summed E-state index contributed by atoms with van der Waals surface area (Å²) in [5.41, 5.74) is 3.70. The fourth-order valence-corrected chi connectivity index (χ4v) is 3.28. The van der Waals surface area contributed by atoms with Gasteiger partial charge in [0.15, 0.2) is 0 Å². The van der Waals surface area contributed by atoms with Gasteiger partial charge in [0.05, 0.1) is 17.1 Å². The first-order valence-corrected chi connectivity index (χ1v) is 7.36. The Morgan fingerprint density at radius 2 is 2.06 bits per heavy atom. The van der Waals surface area contributed by atoms with Crippen molar-refractivity contribution in [2.45, 2.75) is 72.4 Å². The topological polar surface area (TPSA) is 29.9 Å². The van der Waals surface area contributed by atoms with Gasteiger partial charge in [0.2, 0.25) is 0 Å². The Morgan fingerprint density at radius 1 is 1.33 bits per heavy atom. The van der Waals surface area contributed by atoms with Gasteiger partial charge in [-0.15, -0.1) is 0 Å². The third kappa shape index (κ3) is 2.40. The molecule has 2 atom stereocenters. The molecule has 2 unspecified atom stereocenters. The van der Waals surface area contributed by atoms with E-state index in [2.05, 4.69) is 49.7 Å². The van der Waals surface area contributed by atoms with Crippen LogP contribution < -0.4 is 5.32 Å². The number of hydrogen-bond donors (Lipinski definition) is 1. The number of nitrogens with one attached hydrogen (secondary N) is 1. The van der Waals surface area contributed by atoms with Crippen LogP contribution in [0.5, 0.6) is 0 Å². The Hall–Kier alpha value is -0.990. The van der Waals surface area contributed by atoms with Crippen molar-refractivity contribution >= 4 is 5.69 Å². The van der Waals surface area contributed by atoms with Crippen molar-refractivity contribution in [2.24, 2.45) is 5.92 Å². The zero-order chi connectivity index (χ0) is 13.3. The van der Waals surface area contributed by atoms with Crippen LogP contribution in [0.4, 0.5) is 5.69 Å². The minimum absolute atomic E-state index is 0.435. The predicted octanol–water partition coefficient (Wildman–Crippen LogP) is 4.07. The van der Waals surface area contributed by atoms with Gasteiger partial charge in [0.25, 0.3) is 0 Å². The molecule has 0 aliphatic heterocycles. The molecule has 0 spiro atoms. The first kappa shape index (κ1) is 13.4. The quantitative estimate of drug-likeness (QED) is 0.871. The van der Waals surface area contributed by atoms with E-state index in [9.17, 15) is 0 Å². The molecule has 0 saturated heterocycles. The van der Waals surface area contributed by atoms with E-state index >= 15 is 0 Å². The molecule has 18 heavy (non-hydrogen) atoms. The van der Waals surface area contributed by atoms with Crippen LogP contribution in [-0.4, -0.2) is 15.8 Å². The number of aryl methyl sites for hydroxylation is 1. The fraction of sp³-hybridized carbons (Fsp3) is 0.800. The van der Waals surface area contributed by atoms with Gasteiger partial charge in [-0.3, -0.25) is 4.68 Å². The van der Waals surface area contributed by atoms with Gasteiger partial charge in [-0.25, -0.2) is 0 Å². The van der Waals surface area contributed by atoms with Crippen molar-refractivity contribution < 1.29 is 0 Å². The van der Waals surface area contributed by atoms with Gasteiger partial charge in [-0.1, -0.05) is 19.8 Å². The highest BCUT2D eigenvalue weighted by Crippen LogP contribution is 2.33. The maximum absolute atomic E-state index is 4.66. The van der Waals surface area contributed by atoms with Gasteiger partial charge in [0, 0.05) is 12.1 Å². The second kappa shape index (κ2) is 5.33. The summed E-state index contributed by atoms with van der Waals surface area (Å²) in [4.78, 5) is 0. The lowest BCUT2D eigenvalue weighted by molar-refractivity contribution is 0.488. The average molecular weight is 249 g/mol. The van der Waals surface area contributed by atoms with Gasteiger partial charge >= 0.3 is 0 Å². The first-order valence-electron chi connectivity index (χ1n) is 7.36. The summed E-state index contributed by atoms with van der Waals surface area (Å²) in [6, 6.07) is 1.09. The van der Waals surface area contributed by atoms with Crippen LogP contribution in [0.1, 0.15) is 63.9 Å². The van der Waals surface area contributed by atoms with E-state index in [1.54, 1.807) is 0 Å². The van der Waals surface area contributed by atoms with Crippen LogP contribution in [0, 0.1) is 19.8 Å². The summed E-state index contributed by atoms with van der Waals surface area (Å²) in [7, 11) is 0. The number of nitrogens with zero attached hydrogens (tertiary/aromatic N) is 2. The van der Waals surface area contributed by atoms with Crippen LogP contribution in [0.25, 0.3) is 0 Å². The van der Waals surface area contributed by atoms with Gasteiger partial charge in [-0.2, -0.15) is 5.10 Å². The minimum Gasteiger partial charge on any atom is -0.379 e. The molecule has 0 amide bonds. The summed E-state index contributed by atoms with van der Waals surface area (Å²) < 4.78 is 2.13. The summed E-state index contributed by atoms with van der Waals surface area (Å²) in [6.07, 6.45) is 5.34. The van der Waals surface area contributed by atoms with Crippen molar-refractivity contribution in [2.75, 3.05) is 5.32 Å². The lowest BCUT2D eigenvalue weighted by Gasteiger charge is -2.21. The van der Waals surface area contributed by atoms with E-state index in [0.29, 0.717) is 12.1 Å². The van der Waals surface area contributed by atoms with E-state index < -0.39 is 0 Å². The third-order valence-electron chi connectivity index (χ3n) is 4.33. The molecule has 1 heterocycles. The van der Waals surface area contributed by atoms with E-state index in [1.807, 2.05) is 0 Å². The lowest BCUT2D eigenvalue weighted by atomic mass is 10.0. The molecule has 1 aromatic rings. The Morgan fingerprint density at radius 3 is 2.61 bits per heavy atom. The summed E-state index contributed by atoms with van der Waals surface area (Å²) in [5.74, 6) is 0.839. The average Bonchev–Trinajstić information content (AvgIpc) is 2.88. The standard InChI is InChI=1S/C15H27N3/c1-6-13-8-7-9-14(13)16-15-11(4)17-18(10(2)3)12(15)5/h10,13-14,16H,6-9H2,1-5H3. The van der Waals surface area contributed by atoms with Crippen LogP contribution in [0.3, 0.4) is 0 Å². The maximum Gasteiger partial charge on any atom is 0.0828 e. The van der Waals surface area contributed by atoms with Crippen LogP contribution in [-0.2, 0) is 0 Å². The Labute approximate surface area is 111 Å². The Bertz CT molecular complexity index is 406. The Kier molecular flexibility index (Phi) is 3.98. The van der Waals surface area contributed by atoms with E-state index in [0.717, 1.165) is 11.6 Å². The summed E-state index contributed by atoms with van der Waals surface area (Å²) in [6.45, 7) is 11.0. The smallest absolute Gasteiger partial charge is 0.0828 e. The predicted molar refractivity (Wildman–Crippen MR) is 77.1 cm³/mol. The SMILES string of the molecule is CCC1CCCC1Nc1c(C)nn(C(C)C)c1C. The monoisotopic (exact) mass is 249 g/mol. The highest BCUT2D eigenvalue weighted by Gasteiger charge is 2.27. The van der Waals surface area contributed by atoms with E-state index in [1.165, 1.54) is 37.1 Å². The minimum atomic E-state index is 0.435. The number of hydrogen-bond acceptors (Lipinski definition) is 2. The molecule has 2 rings (SSSR count). The Balaban J connectivity index is 2.18. The molecule has 1 aliphatic carbocycles. The fourth-order valence-electron chi connectivity index (χ4n) is 3.28. The number of rotatable bonds is 4. The van der Waals surface area contributed by atoms with Crippen molar-refractivity contribution in [1.82, 2.24) is 9.78 Å². The lowest BCUT2D eigenvalue weighted by Crippen LogP contribution is -2.24. The first-order chi connectivity index (χ1) is 8.54. The van der Waals surface area contributed by atoms with Crippen LogP contribution in [0.15, 0.2) is 0 Å². The zero-order valence-corrected chi connectivity index (χ0v) is 12.5. The largest absolute Gasteiger partial charge is 0.379 e. The molecule has 1 aromatic heterocycles. The van der Waals surface area contributed by atoms with Crippen molar-refractivity contribution in [3.63, 3.8) is 0 Å². The second-order valence-electron chi connectivity index (χ2n) is 5.93. The molecule has 0 aromatic carbocycles. The highest BCUT2D eigenvalue weighted by molar-refractivity contribution is 5.53. The van der Waals surface area contributed by atoms with E-state index in [-0.39, 0.29) is 0 Å². The number of anilines is 1. The highest BCUT2D eigenvalue weighted by atomic mass is 15.3. The van der Waals surface area contributed by atoms with Gasteiger partial charge in [0.1, 0.15) is 0 Å². The molecule has 1 aliphatic rings. The molecule has 3 nitrogen and oxygen atoms in total. The van der Waals surface area contributed by atoms with E-state index in [4.69, 9.17) is 0 Å². The maximum atomic E-state index is 4.66. The third-order valence-corrected chi connectivity index (χ3v) is 4.33. The zero-order valence-electron chi connectivity index (χ0n) is 12.5. The molecule has 0 bridgehead atoms. The molecule has 1 saturated carbocycles.